The smallest absolute Gasteiger partial charge is 0.251 e. The first-order valence-electron chi connectivity index (χ1n) is 8.62. The summed E-state index contributed by atoms with van der Waals surface area (Å²) in [5.74, 6) is 4.50. The Labute approximate surface area is 158 Å². The van der Waals surface area contributed by atoms with Gasteiger partial charge in [-0.3, -0.25) is 4.79 Å². The number of hydrogen-bond acceptors (Lipinski definition) is 5. The first-order valence-corrected chi connectivity index (χ1v) is 8.62. The summed E-state index contributed by atoms with van der Waals surface area (Å²) >= 11 is 0. The Morgan fingerprint density at radius 3 is 2.74 bits per heavy atom. The topological polar surface area (TPSA) is 66.0 Å². The zero-order valence-electron chi connectivity index (χ0n) is 15.1. The molecule has 0 radical (unpaired) electrons. The third-order valence-electron chi connectivity index (χ3n) is 4.03. The number of carbonyl (C=O) groups is 1. The fraction of sp³-hybridized carbons (Fsp3) is 0.286. The van der Waals surface area contributed by atoms with Crippen LogP contribution in [0.3, 0.4) is 0 Å². The van der Waals surface area contributed by atoms with Crippen molar-refractivity contribution in [1.82, 2.24) is 5.32 Å². The van der Waals surface area contributed by atoms with Crippen molar-refractivity contribution in [2.45, 2.75) is 6.42 Å². The molecular formula is C21H21NO5. The van der Waals surface area contributed by atoms with Gasteiger partial charge in [-0.15, -0.1) is 6.42 Å². The summed E-state index contributed by atoms with van der Waals surface area (Å²) in [6.45, 7) is 1.65. The molecule has 2 aromatic carbocycles. The molecule has 0 aliphatic carbocycles. The summed E-state index contributed by atoms with van der Waals surface area (Å²) in [7, 11) is 1.53. The Morgan fingerprint density at radius 2 is 2.00 bits per heavy atom. The first-order chi connectivity index (χ1) is 13.2. The molecule has 1 N–H and O–H groups in total. The van der Waals surface area contributed by atoms with Crippen molar-refractivity contribution in [3.05, 3.63) is 47.5 Å². The van der Waals surface area contributed by atoms with E-state index in [4.69, 9.17) is 25.4 Å². The van der Waals surface area contributed by atoms with E-state index in [1.54, 1.807) is 12.1 Å². The number of rotatable bonds is 7. The number of carbonyl (C=O) groups excluding carboxylic acids is 1. The molecule has 0 aromatic heterocycles. The second kappa shape index (κ2) is 8.86. The van der Waals surface area contributed by atoms with Crippen LogP contribution in [0.15, 0.2) is 36.4 Å². The lowest BCUT2D eigenvalue weighted by atomic mass is 10.1. The lowest BCUT2D eigenvalue weighted by molar-refractivity contribution is 0.0952. The van der Waals surface area contributed by atoms with E-state index in [2.05, 4.69) is 11.2 Å². The molecular weight excluding hydrogens is 346 g/mol. The third kappa shape index (κ3) is 4.64. The molecule has 0 fully saturated rings. The highest BCUT2D eigenvalue weighted by Gasteiger charge is 2.20. The maximum absolute atomic E-state index is 12.5. The van der Waals surface area contributed by atoms with E-state index in [1.165, 1.54) is 7.11 Å². The minimum absolute atomic E-state index is 0.195. The van der Waals surface area contributed by atoms with Crippen LogP contribution < -0.4 is 24.3 Å². The highest BCUT2D eigenvalue weighted by molar-refractivity contribution is 5.95. The zero-order chi connectivity index (χ0) is 19.1. The Bertz CT molecular complexity index is 822. The molecule has 6 heteroatoms. The van der Waals surface area contributed by atoms with Crippen LogP contribution >= 0.6 is 0 Å². The zero-order valence-corrected chi connectivity index (χ0v) is 15.1. The number of terminal acetylenes is 1. The predicted molar refractivity (Wildman–Crippen MR) is 101 cm³/mol. The number of nitrogens with one attached hydrogen (secondary N) is 1. The van der Waals surface area contributed by atoms with Gasteiger partial charge in [0.2, 0.25) is 5.75 Å². The maximum atomic E-state index is 12.5. The molecule has 0 atom stereocenters. The second-order valence-electron chi connectivity index (χ2n) is 5.85. The van der Waals surface area contributed by atoms with Gasteiger partial charge in [-0.1, -0.05) is 18.1 Å². The van der Waals surface area contributed by atoms with Gasteiger partial charge in [-0.2, -0.15) is 0 Å². The van der Waals surface area contributed by atoms with Crippen LogP contribution in [-0.2, 0) is 6.42 Å². The van der Waals surface area contributed by atoms with Gasteiger partial charge in [0.25, 0.3) is 5.91 Å². The summed E-state index contributed by atoms with van der Waals surface area (Å²) in [5.41, 5.74) is 1.55. The van der Waals surface area contributed by atoms with Crippen LogP contribution in [0.5, 0.6) is 23.0 Å². The fourth-order valence-corrected chi connectivity index (χ4v) is 2.70. The largest absolute Gasteiger partial charge is 0.493 e. The maximum Gasteiger partial charge on any atom is 0.251 e. The number of benzene rings is 2. The van der Waals surface area contributed by atoms with Crippen LogP contribution in [0.2, 0.25) is 0 Å². The molecule has 3 rings (SSSR count). The van der Waals surface area contributed by atoms with Crippen LogP contribution in [0, 0.1) is 12.3 Å². The number of methoxy groups -OCH3 is 1. The standard InChI is InChI=1S/C21H21NO5/c1-3-10-25-17-6-4-15(5-7-17)8-9-22-21(23)16-13-18(24-2)20-19(14-16)26-11-12-27-20/h1,4-7,13-14H,8-12H2,2H3,(H,22,23). The predicted octanol–water partition coefficient (Wildman–Crippen LogP) is 2.45. The van der Waals surface area contributed by atoms with E-state index in [-0.39, 0.29) is 12.5 Å². The summed E-state index contributed by atoms with van der Waals surface area (Å²) in [6, 6.07) is 10.9. The van der Waals surface area contributed by atoms with E-state index >= 15 is 0 Å². The van der Waals surface area contributed by atoms with Crippen LogP contribution in [0.25, 0.3) is 0 Å². The van der Waals surface area contributed by atoms with Crippen molar-refractivity contribution in [3.63, 3.8) is 0 Å². The molecule has 0 spiro atoms. The molecule has 0 unspecified atom stereocenters. The van der Waals surface area contributed by atoms with Gasteiger partial charge in [0.1, 0.15) is 25.6 Å². The van der Waals surface area contributed by atoms with Crippen molar-refractivity contribution < 1.29 is 23.7 Å². The number of ether oxygens (including phenoxy) is 4. The first kappa shape index (κ1) is 18.5. The van der Waals surface area contributed by atoms with Crippen molar-refractivity contribution in [3.8, 4) is 35.3 Å². The van der Waals surface area contributed by atoms with E-state index in [0.29, 0.717) is 49.0 Å². The van der Waals surface area contributed by atoms with Gasteiger partial charge in [0.15, 0.2) is 11.5 Å². The van der Waals surface area contributed by atoms with E-state index in [9.17, 15) is 4.79 Å². The minimum atomic E-state index is -0.195. The highest BCUT2D eigenvalue weighted by atomic mass is 16.6. The molecule has 0 saturated carbocycles. The molecule has 0 saturated heterocycles. The lowest BCUT2D eigenvalue weighted by Crippen LogP contribution is -2.26. The molecule has 1 aliphatic heterocycles. The lowest BCUT2D eigenvalue weighted by Gasteiger charge is -2.21. The van der Waals surface area contributed by atoms with Gasteiger partial charge in [-0.05, 0) is 36.2 Å². The van der Waals surface area contributed by atoms with Gasteiger partial charge in [-0.25, -0.2) is 0 Å². The van der Waals surface area contributed by atoms with Crippen molar-refractivity contribution in [2.75, 3.05) is 33.5 Å². The Kier molecular flexibility index (Phi) is 6.06. The van der Waals surface area contributed by atoms with Gasteiger partial charge < -0.3 is 24.3 Å². The molecule has 1 aliphatic rings. The van der Waals surface area contributed by atoms with Gasteiger partial charge >= 0.3 is 0 Å². The average Bonchev–Trinajstić information content (AvgIpc) is 2.72. The quantitative estimate of drug-likeness (QED) is 0.762. The minimum Gasteiger partial charge on any atom is -0.493 e. The summed E-state index contributed by atoms with van der Waals surface area (Å²) in [5, 5.41) is 2.91. The summed E-state index contributed by atoms with van der Waals surface area (Å²) in [4.78, 5) is 12.5. The summed E-state index contributed by atoms with van der Waals surface area (Å²) < 4.78 is 21.8. The Hall–Kier alpha value is -3.33. The molecule has 6 nitrogen and oxygen atoms in total. The summed E-state index contributed by atoms with van der Waals surface area (Å²) in [6.07, 6.45) is 5.86. The van der Waals surface area contributed by atoms with Gasteiger partial charge in [0.05, 0.1) is 7.11 Å². The number of hydrogen-bond donors (Lipinski definition) is 1. The van der Waals surface area contributed by atoms with Gasteiger partial charge in [0, 0.05) is 12.1 Å². The molecule has 140 valence electrons. The van der Waals surface area contributed by atoms with Crippen LogP contribution in [-0.4, -0.2) is 39.4 Å². The van der Waals surface area contributed by atoms with Crippen LogP contribution in [0.4, 0.5) is 0 Å². The molecule has 27 heavy (non-hydrogen) atoms. The van der Waals surface area contributed by atoms with Crippen molar-refractivity contribution in [2.24, 2.45) is 0 Å². The molecule has 1 amide bonds. The van der Waals surface area contributed by atoms with Crippen molar-refractivity contribution >= 4 is 5.91 Å². The highest BCUT2D eigenvalue weighted by Crippen LogP contribution is 2.40. The van der Waals surface area contributed by atoms with Crippen molar-refractivity contribution in [1.29, 1.82) is 0 Å². The third-order valence-corrected chi connectivity index (χ3v) is 4.03. The molecule has 1 heterocycles. The average molecular weight is 367 g/mol. The number of fused-ring (bicyclic) bond motifs is 1. The fourth-order valence-electron chi connectivity index (χ4n) is 2.70. The van der Waals surface area contributed by atoms with E-state index < -0.39 is 0 Å². The van der Waals surface area contributed by atoms with E-state index in [1.807, 2.05) is 24.3 Å². The number of amides is 1. The van der Waals surface area contributed by atoms with E-state index in [0.717, 1.165) is 11.3 Å². The Balaban J connectivity index is 1.57. The SMILES string of the molecule is C#CCOc1ccc(CCNC(=O)c2cc(OC)c3c(c2)OCCO3)cc1. The molecule has 0 bridgehead atoms. The van der Waals surface area contributed by atoms with Crippen LogP contribution in [0.1, 0.15) is 15.9 Å². The second-order valence-corrected chi connectivity index (χ2v) is 5.85. The normalized spacial score (nSPS) is 12.0. The Morgan fingerprint density at radius 1 is 1.22 bits per heavy atom. The molecule has 2 aromatic rings. The monoisotopic (exact) mass is 367 g/mol.